The number of rotatable bonds is 8. The third-order valence-electron chi connectivity index (χ3n) is 4.41. The maximum atomic E-state index is 10.9. The molecule has 0 amide bonds. The van der Waals surface area contributed by atoms with Gasteiger partial charge in [-0.05, 0) is 52.3 Å². The van der Waals surface area contributed by atoms with Gasteiger partial charge in [0.05, 0.1) is 12.8 Å². The number of halogens is 1. The van der Waals surface area contributed by atoms with Crippen LogP contribution in [0.2, 0.25) is 0 Å². The summed E-state index contributed by atoms with van der Waals surface area (Å²) in [7, 11) is 0. The van der Waals surface area contributed by atoms with Crippen LogP contribution in [0.25, 0.3) is 0 Å². The maximum absolute atomic E-state index is 10.9. The van der Waals surface area contributed by atoms with Crippen molar-refractivity contribution in [2.24, 2.45) is 4.99 Å². The van der Waals surface area contributed by atoms with E-state index in [-0.39, 0.29) is 36.6 Å². The molecule has 2 heterocycles. The van der Waals surface area contributed by atoms with Crippen molar-refractivity contribution in [3.05, 3.63) is 47.3 Å². The second kappa shape index (κ2) is 10.8. The largest absolute Gasteiger partial charge is 0.469 e. The molecule has 7 heteroatoms. The van der Waals surface area contributed by atoms with E-state index in [9.17, 15) is 5.11 Å². The second-order valence-electron chi connectivity index (χ2n) is 6.98. The van der Waals surface area contributed by atoms with Gasteiger partial charge in [-0.25, -0.2) is 4.99 Å². The molecule has 3 N–H and O–H groups in total. The zero-order chi connectivity index (χ0) is 19.2. The normalized spacial score (nSPS) is 15.0. The predicted octanol–water partition coefficient (Wildman–Crippen LogP) is 3.89. The first-order valence-electron chi connectivity index (χ1n) is 9.19. The van der Waals surface area contributed by atoms with E-state index in [0.29, 0.717) is 12.5 Å². The van der Waals surface area contributed by atoms with Gasteiger partial charge in [-0.3, -0.25) is 0 Å². The first-order chi connectivity index (χ1) is 12.3. The number of aliphatic hydroxyl groups is 1. The summed E-state index contributed by atoms with van der Waals surface area (Å²) in [6.07, 6.45) is 3.42. The number of aliphatic imine (C=N–C) groups is 1. The Bertz CT molecular complexity index is 708. The highest BCUT2D eigenvalue weighted by Crippen LogP contribution is 2.27. The lowest BCUT2D eigenvalue weighted by atomic mass is 9.96. The molecule has 0 spiro atoms. The number of guanidine groups is 1. The number of nitrogens with zero attached hydrogens (tertiary/aromatic N) is 1. The van der Waals surface area contributed by atoms with E-state index in [1.165, 1.54) is 0 Å². The standard InChI is InChI=1S/C20H31N3O3.HI/c1-6-14(2)23-19(21-10-9-17-8-7-11-25-17)22-13-20(5,24)18-12-15(3)26-16(18)4;/h7-8,11-12,14,24H,6,9-10,13H2,1-5H3,(H2,21,22,23);1H. The van der Waals surface area contributed by atoms with Gasteiger partial charge in [0.15, 0.2) is 5.96 Å². The van der Waals surface area contributed by atoms with Gasteiger partial charge >= 0.3 is 0 Å². The molecule has 6 nitrogen and oxygen atoms in total. The van der Waals surface area contributed by atoms with Crippen LogP contribution in [-0.2, 0) is 12.0 Å². The monoisotopic (exact) mass is 489 g/mol. The molecule has 0 aliphatic rings. The summed E-state index contributed by atoms with van der Waals surface area (Å²) < 4.78 is 10.9. The van der Waals surface area contributed by atoms with Crippen molar-refractivity contribution in [1.82, 2.24) is 10.6 Å². The zero-order valence-electron chi connectivity index (χ0n) is 16.8. The Morgan fingerprint density at radius 2 is 2.11 bits per heavy atom. The van der Waals surface area contributed by atoms with Crippen molar-refractivity contribution in [3.63, 3.8) is 0 Å². The Balaban J connectivity index is 0.00000364. The van der Waals surface area contributed by atoms with Crippen LogP contribution in [0.4, 0.5) is 0 Å². The minimum atomic E-state index is -1.09. The Morgan fingerprint density at radius 1 is 1.37 bits per heavy atom. The van der Waals surface area contributed by atoms with E-state index in [0.717, 1.165) is 35.7 Å². The molecular weight excluding hydrogens is 457 g/mol. The van der Waals surface area contributed by atoms with E-state index < -0.39 is 5.60 Å². The van der Waals surface area contributed by atoms with Gasteiger partial charge in [0.1, 0.15) is 22.9 Å². The third kappa shape index (κ3) is 7.21. The van der Waals surface area contributed by atoms with Crippen molar-refractivity contribution in [2.45, 2.75) is 59.1 Å². The Hall–Kier alpha value is -1.48. The highest BCUT2D eigenvalue weighted by molar-refractivity contribution is 14.0. The molecule has 0 saturated heterocycles. The van der Waals surface area contributed by atoms with Crippen LogP contribution in [0.3, 0.4) is 0 Å². The van der Waals surface area contributed by atoms with E-state index in [1.807, 2.05) is 32.0 Å². The average Bonchev–Trinajstić information content (AvgIpc) is 3.22. The summed E-state index contributed by atoms with van der Waals surface area (Å²) >= 11 is 0. The predicted molar refractivity (Wildman–Crippen MR) is 119 cm³/mol. The average molecular weight is 489 g/mol. The van der Waals surface area contributed by atoms with Crippen LogP contribution in [0.15, 0.2) is 38.3 Å². The fourth-order valence-electron chi connectivity index (χ4n) is 2.73. The first-order valence-corrected chi connectivity index (χ1v) is 9.19. The minimum absolute atomic E-state index is 0. The number of nitrogens with one attached hydrogen (secondary N) is 2. The van der Waals surface area contributed by atoms with Crippen LogP contribution in [-0.4, -0.2) is 30.2 Å². The SMILES string of the molecule is CCC(C)NC(=NCC(C)(O)c1cc(C)oc1C)NCCc1ccco1.I. The number of hydrogen-bond donors (Lipinski definition) is 3. The molecule has 0 aromatic carbocycles. The Labute approximate surface area is 178 Å². The molecule has 2 aromatic heterocycles. The molecule has 2 aromatic rings. The van der Waals surface area contributed by atoms with Crippen molar-refractivity contribution in [1.29, 1.82) is 0 Å². The summed E-state index contributed by atoms with van der Waals surface area (Å²) in [5, 5.41) is 17.5. The van der Waals surface area contributed by atoms with Gasteiger partial charge in [-0.15, -0.1) is 24.0 Å². The van der Waals surface area contributed by atoms with Crippen molar-refractivity contribution in [3.8, 4) is 0 Å². The van der Waals surface area contributed by atoms with Crippen LogP contribution in [0.5, 0.6) is 0 Å². The van der Waals surface area contributed by atoms with E-state index in [2.05, 4.69) is 29.5 Å². The highest BCUT2D eigenvalue weighted by atomic mass is 127. The quantitative estimate of drug-likeness (QED) is 0.298. The second-order valence-corrected chi connectivity index (χ2v) is 6.98. The lowest BCUT2D eigenvalue weighted by molar-refractivity contribution is 0.0656. The van der Waals surface area contributed by atoms with Crippen LogP contribution in [0, 0.1) is 13.8 Å². The molecule has 0 aliphatic carbocycles. The highest BCUT2D eigenvalue weighted by Gasteiger charge is 2.27. The molecule has 0 saturated carbocycles. The maximum Gasteiger partial charge on any atom is 0.191 e. The molecule has 2 atom stereocenters. The lowest BCUT2D eigenvalue weighted by Gasteiger charge is -2.23. The summed E-state index contributed by atoms with van der Waals surface area (Å²) in [5.41, 5.74) is -0.315. The van der Waals surface area contributed by atoms with Crippen LogP contribution >= 0.6 is 24.0 Å². The molecule has 0 bridgehead atoms. The van der Waals surface area contributed by atoms with Crippen LogP contribution < -0.4 is 10.6 Å². The fourth-order valence-corrected chi connectivity index (χ4v) is 2.73. The smallest absolute Gasteiger partial charge is 0.191 e. The molecule has 0 fully saturated rings. The van der Waals surface area contributed by atoms with Gasteiger partial charge in [0, 0.05) is 24.6 Å². The van der Waals surface area contributed by atoms with Crippen molar-refractivity contribution >= 4 is 29.9 Å². The van der Waals surface area contributed by atoms with Gasteiger partial charge in [-0.2, -0.15) is 0 Å². The summed E-state index contributed by atoms with van der Waals surface area (Å²) in [5.74, 6) is 3.13. The fraction of sp³-hybridized carbons (Fsp3) is 0.550. The minimum Gasteiger partial charge on any atom is -0.469 e. The van der Waals surface area contributed by atoms with E-state index in [4.69, 9.17) is 8.83 Å². The number of aryl methyl sites for hydroxylation is 2. The first kappa shape index (κ1) is 23.6. The van der Waals surface area contributed by atoms with Crippen molar-refractivity contribution < 1.29 is 13.9 Å². The molecule has 27 heavy (non-hydrogen) atoms. The Kier molecular flexibility index (Phi) is 9.38. The van der Waals surface area contributed by atoms with Crippen LogP contribution in [0.1, 0.15) is 50.0 Å². The Morgan fingerprint density at radius 3 is 2.67 bits per heavy atom. The van der Waals surface area contributed by atoms with Crippen molar-refractivity contribution in [2.75, 3.05) is 13.1 Å². The number of hydrogen-bond acceptors (Lipinski definition) is 4. The molecule has 2 rings (SSSR count). The molecular formula is C20H32IN3O3. The van der Waals surface area contributed by atoms with E-state index in [1.54, 1.807) is 13.2 Å². The summed E-state index contributed by atoms with van der Waals surface area (Å²) in [4.78, 5) is 4.60. The topological polar surface area (TPSA) is 82.9 Å². The summed E-state index contributed by atoms with van der Waals surface area (Å²) in [6.45, 7) is 10.7. The molecule has 0 aliphatic heterocycles. The number of furan rings is 2. The molecule has 0 radical (unpaired) electrons. The lowest BCUT2D eigenvalue weighted by Crippen LogP contribution is -2.43. The van der Waals surface area contributed by atoms with Gasteiger partial charge < -0.3 is 24.6 Å². The zero-order valence-corrected chi connectivity index (χ0v) is 19.2. The molecule has 2 unspecified atom stereocenters. The van der Waals surface area contributed by atoms with Gasteiger partial charge in [0.2, 0.25) is 0 Å². The van der Waals surface area contributed by atoms with Gasteiger partial charge in [0.25, 0.3) is 0 Å². The molecule has 152 valence electrons. The third-order valence-corrected chi connectivity index (χ3v) is 4.41. The van der Waals surface area contributed by atoms with E-state index >= 15 is 0 Å². The summed E-state index contributed by atoms with van der Waals surface area (Å²) in [6, 6.07) is 5.99. The van der Waals surface area contributed by atoms with Gasteiger partial charge in [-0.1, -0.05) is 6.92 Å².